The van der Waals surface area contributed by atoms with Crippen LogP contribution in [0.25, 0.3) is 0 Å². The normalized spacial score (nSPS) is 37.8. The van der Waals surface area contributed by atoms with Crippen LogP contribution in [0.15, 0.2) is 12.2 Å². The largest absolute Gasteiger partial charge is 0.303 e. The van der Waals surface area contributed by atoms with Gasteiger partial charge in [-0.3, -0.25) is 0 Å². The standard InChI is InChI=1S/C17H28O/c1-14-2-4-15(5-3-14)6-7-16-8-10-17(11-9-16)12-13-18/h6-7,13-17H,2-5,8-12H2,1H3/b7-6+. The van der Waals surface area contributed by atoms with Crippen molar-refractivity contribution in [1.82, 2.24) is 0 Å². The molecule has 0 N–H and O–H groups in total. The Morgan fingerprint density at radius 2 is 1.33 bits per heavy atom. The van der Waals surface area contributed by atoms with Crippen LogP contribution in [0.1, 0.15) is 64.7 Å². The number of carbonyl (C=O) groups is 1. The fraction of sp³-hybridized carbons (Fsp3) is 0.824. The van der Waals surface area contributed by atoms with Crippen molar-refractivity contribution in [2.75, 3.05) is 0 Å². The molecular weight excluding hydrogens is 220 g/mol. The molecule has 0 spiro atoms. The number of rotatable bonds is 4. The highest BCUT2D eigenvalue weighted by Gasteiger charge is 2.20. The van der Waals surface area contributed by atoms with Gasteiger partial charge in [-0.15, -0.1) is 0 Å². The molecule has 2 rings (SSSR count). The Hall–Kier alpha value is -0.590. The minimum Gasteiger partial charge on any atom is -0.303 e. The maximum absolute atomic E-state index is 10.5. The van der Waals surface area contributed by atoms with E-state index < -0.39 is 0 Å². The van der Waals surface area contributed by atoms with Gasteiger partial charge < -0.3 is 4.79 Å². The second-order valence-electron chi connectivity index (χ2n) is 6.59. The van der Waals surface area contributed by atoms with Crippen molar-refractivity contribution >= 4 is 6.29 Å². The van der Waals surface area contributed by atoms with Crippen LogP contribution >= 0.6 is 0 Å². The Balaban J connectivity index is 1.69. The molecule has 1 nitrogen and oxygen atoms in total. The molecular formula is C17H28O. The van der Waals surface area contributed by atoms with Gasteiger partial charge in [0.25, 0.3) is 0 Å². The molecule has 18 heavy (non-hydrogen) atoms. The zero-order valence-electron chi connectivity index (χ0n) is 11.8. The lowest BCUT2D eigenvalue weighted by atomic mass is 9.79. The number of aldehydes is 1. The number of hydrogen-bond donors (Lipinski definition) is 0. The van der Waals surface area contributed by atoms with Crippen molar-refractivity contribution in [2.45, 2.75) is 64.7 Å². The van der Waals surface area contributed by atoms with E-state index in [1.165, 1.54) is 51.4 Å². The monoisotopic (exact) mass is 248 g/mol. The number of carbonyl (C=O) groups excluding carboxylic acids is 1. The van der Waals surface area contributed by atoms with Gasteiger partial charge in [0.1, 0.15) is 6.29 Å². The Labute approximate surface area is 112 Å². The molecule has 0 aromatic rings. The maximum atomic E-state index is 10.5. The number of allylic oxidation sites excluding steroid dienone is 2. The summed E-state index contributed by atoms with van der Waals surface area (Å²) in [4.78, 5) is 10.5. The highest BCUT2D eigenvalue weighted by atomic mass is 16.1. The van der Waals surface area contributed by atoms with Gasteiger partial charge in [0.05, 0.1) is 0 Å². The van der Waals surface area contributed by atoms with Crippen LogP contribution in [0.3, 0.4) is 0 Å². The van der Waals surface area contributed by atoms with Crippen molar-refractivity contribution < 1.29 is 4.79 Å². The molecule has 102 valence electrons. The first-order valence-corrected chi connectivity index (χ1v) is 7.90. The summed E-state index contributed by atoms with van der Waals surface area (Å²) in [5, 5.41) is 0. The van der Waals surface area contributed by atoms with Gasteiger partial charge in [-0.1, -0.05) is 31.9 Å². The van der Waals surface area contributed by atoms with Crippen LogP contribution in [0.2, 0.25) is 0 Å². The molecule has 2 fully saturated rings. The molecule has 2 aliphatic rings. The molecule has 0 saturated heterocycles. The van der Waals surface area contributed by atoms with Gasteiger partial charge >= 0.3 is 0 Å². The lowest BCUT2D eigenvalue weighted by molar-refractivity contribution is -0.108. The van der Waals surface area contributed by atoms with E-state index in [-0.39, 0.29) is 0 Å². The summed E-state index contributed by atoms with van der Waals surface area (Å²) < 4.78 is 0. The third kappa shape index (κ3) is 4.26. The summed E-state index contributed by atoms with van der Waals surface area (Å²) >= 11 is 0. The highest BCUT2D eigenvalue weighted by molar-refractivity contribution is 5.49. The van der Waals surface area contributed by atoms with Crippen molar-refractivity contribution in [1.29, 1.82) is 0 Å². The van der Waals surface area contributed by atoms with Crippen LogP contribution < -0.4 is 0 Å². The molecule has 1 heteroatoms. The van der Waals surface area contributed by atoms with Crippen molar-refractivity contribution in [3.05, 3.63) is 12.2 Å². The smallest absolute Gasteiger partial charge is 0.120 e. The van der Waals surface area contributed by atoms with E-state index in [0.717, 1.165) is 30.5 Å². The summed E-state index contributed by atoms with van der Waals surface area (Å²) in [7, 11) is 0. The predicted octanol–water partition coefficient (Wildman–Crippen LogP) is 4.76. The molecule has 0 unspecified atom stereocenters. The van der Waals surface area contributed by atoms with E-state index in [2.05, 4.69) is 19.1 Å². The van der Waals surface area contributed by atoms with Crippen molar-refractivity contribution in [3.63, 3.8) is 0 Å². The average Bonchev–Trinajstić information content (AvgIpc) is 2.40. The first-order valence-electron chi connectivity index (χ1n) is 7.90. The Bertz CT molecular complexity index is 265. The second kappa shape index (κ2) is 7.11. The van der Waals surface area contributed by atoms with Crippen LogP contribution in [0.5, 0.6) is 0 Å². The predicted molar refractivity (Wildman–Crippen MR) is 76.4 cm³/mol. The van der Waals surface area contributed by atoms with E-state index in [0.29, 0.717) is 5.92 Å². The zero-order chi connectivity index (χ0) is 12.8. The van der Waals surface area contributed by atoms with Gasteiger partial charge in [0, 0.05) is 6.42 Å². The summed E-state index contributed by atoms with van der Waals surface area (Å²) in [6.07, 6.45) is 17.7. The van der Waals surface area contributed by atoms with Crippen molar-refractivity contribution in [3.8, 4) is 0 Å². The summed E-state index contributed by atoms with van der Waals surface area (Å²) in [5.41, 5.74) is 0. The van der Waals surface area contributed by atoms with Gasteiger partial charge in [-0.25, -0.2) is 0 Å². The number of hydrogen-bond acceptors (Lipinski definition) is 1. The van der Waals surface area contributed by atoms with E-state index in [1.807, 2.05) is 0 Å². The Morgan fingerprint density at radius 3 is 1.83 bits per heavy atom. The molecule has 0 amide bonds. The van der Waals surface area contributed by atoms with Crippen molar-refractivity contribution in [2.24, 2.45) is 23.7 Å². The quantitative estimate of drug-likeness (QED) is 0.517. The minimum absolute atomic E-state index is 0.683. The highest BCUT2D eigenvalue weighted by Crippen LogP contribution is 2.33. The fourth-order valence-electron chi connectivity index (χ4n) is 3.55. The first-order chi connectivity index (χ1) is 8.78. The Morgan fingerprint density at radius 1 is 0.833 bits per heavy atom. The topological polar surface area (TPSA) is 17.1 Å². The molecule has 0 atom stereocenters. The van der Waals surface area contributed by atoms with Gasteiger partial charge in [-0.05, 0) is 62.2 Å². The minimum atomic E-state index is 0.683. The maximum Gasteiger partial charge on any atom is 0.120 e. The molecule has 0 aromatic heterocycles. The lowest BCUT2D eigenvalue weighted by Crippen LogP contribution is -2.14. The first kappa shape index (κ1) is 13.8. The lowest BCUT2D eigenvalue weighted by Gasteiger charge is -2.27. The van der Waals surface area contributed by atoms with Gasteiger partial charge in [-0.2, -0.15) is 0 Å². The van der Waals surface area contributed by atoms with Gasteiger partial charge in [0.2, 0.25) is 0 Å². The van der Waals surface area contributed by atoms with Gasteiger partial charge in [0.15, 0.2) is 0 Å². The fourth-order valence-corrected chi connectivity index (χ4v) is 3.55. The summed E-state index contributed by atoms with van der Waals surface area (Å²) in [5.74, 6) is 3.29. The Kier molecular flexibility index (Phi) is 5.46. The summed E-state index contributed by atoms with van der Waals surface area (Å²) in [6, 6.07) is 0. The van der Waals surface area contributed by atoms with Crippen LogP contribution in [0.4, 0.5) is 0 Å². The van der Waals surface area contributed by atoms with Crippen LogP contribution in [-0.4, -0.2) is 6.29 Å². The zero-order valence-corrected chi connectivity index (χ0v) is 11.8. The third-order valence-corrected chi connectivity index (χ3v) is 5.04. The molecule has 0 aliphatic heterocycles. The second-order valence-corrected chi connectivity index (χ2v) is 6.59. The molecule has 0 heterocycles. The van der Waals surface area contributed by atoms with Crippen LogP contribution in [-0.2, 0) is 4.79 Å². The van der Waals surface area contributed by atoms with E-state index in [4.69, 9.17) is 0 Å². The van der Waals surface area contributed by atoms with E-state index in [1.54, 1.807) is 0 Å². The molecule has 0 radical (unpaired) electrons. The molecule has 0 bridgehead atoms. The SMILES string of the molecule is CC1CCC(/C=C/C2CCC(CC=O)CC2)CC1. The van der Waals surface area contributed by atoms with E-state index in [9.17, 15) is 4.79 Å². The van der Waals surface area contributed by atoms with Crippen LogP contribution in [0, 0.1) is 23.7 Å². The summed E-state index contributed by atoms with van der Waals surface area (Å²) in [6.45, 7) is 2.38. The molecule has 2 saturated carbocycles. The van der Waals surface area contributed by atoms with E-state index >= 15 is 0 Å². The molecule has 0 aromatic carbocycles. The third-order valence-electron chi connectivity index (χ3n) is 5.04. The molecule has 2 aliphatic carbocycles. The average molecular weight is 248 g/mol.